The molecule has 8 nitrogen and oxygen atoms in total. The van der Waals surface area contributed by atoms with E-state index in [2.05, 4.69) is 15.4 Å². The SMILES string of the molecule is CC(C)S(=O)(=O)Cc1nnn(CC(=O)O)n1. The van der Waals surface area contributed by atoms with Gasteiger partial charge in [-0.1, -0.05) is 0 Å². The van der Waals surface area contributed by atoms with Crippen molar-refractivity contribution in [2.75, 3.05) is 0 Å². The van der Waals surface area contributed by atoms with Crippen molar-refractivity contribution in [3.63, 3.8) is 0 Å². The van der Waals surface area contributed by atoms with Crippen LogP contribution < -0.4 is 0 Å². The first kappa shape index (κ1) is 12.6. The quantitative estimate of drug-likeness (QED) is 0.716. The Morgan fingerprint density at radius 3 is 2.62 bits per heavy atom. The average Bonchev–Trinajstić information content (AvgIpc) is 2.50. The maximum atomic E-state index is 11.5. The van der Waals surface area contributed by atoms with Crippen LogP contribution >= 0.6 is 0 Å². The first-order valence-corrected chi connectivity index (χ1v) is 6.23. The van der Waals surface area contributed by atoms with Crippen LogP contribution in [-0.4, -0.2) is 45.0 Å². The molecule has 1 aromatic heterocycles. The molecule has 1 rings (SSSR count). The van der Waals surface area contributed by atoms with Gasteiger partial charge in [0.25, 0.3) is 0 Å². The number of rotatable bonds is 5. The number of tetrazole rings is 1. The van der Waals surface area contributed by atoms with Crippen molar-refractivity contribution in [2.24, 2.45) is 0 Å². The molecule has 16 heavy (non-hydrogen) atoms. The van der Waals surface area contributed by atoms with Gasteiger partial charge >= 0.3 is 5.97 Å². The third-order valence-electron chi connectivity index (χ3n) is 1.82. The van der Waals surface area contributed by atoms with Gasteiger partial charge < -0.3 is 5.11 Å². The average molecular weight is 248 g/mol. The second-order valence-electron chi connectivity index (χ2n) is 3.49. The van der Waals surface area contributed by atoms with Crippen LogP contribution in [0, 0.1) is 0 Å². The summed E-state index contributed by atoms with van der Waals surface area (Å²) in [6.07, 6.45) is 0. The van der Waals surface area contributed by atoms with Crippen molar-refractivity contribution in [1.82, 2.24) is 20.2 Å². The van der Waals surface area contributed by atoms with Gasteiger partial charge in [0.15, 0.2) is 22.2 Å². The number of aromatic nitrogens is 4. The summed E-state index contributed by atoms with van der Waals surface area (Å²) >= 11 is 0. The van der Waals surface area contributed by atoms with Gasteiger partial charge in [0.05, 0.1) is 5.25 Å². The second kappa shape index (κ2) is 4.56. The fourth-order valence-corrected chi connectivity index (χ4v) is 1.68. The van der Waals surface area contributed by atoms with Crippen LogP contribution in [0.2, 0.25) is 0 Å². The summed E-state index contributed by atoms with van der Waals surface area (Å²) in [6.45, 7) is 2.67. The van der Waals surface area contributed by atoms with Crippen LogP contribution in [0.15, 0.2) is 0 Å². The summed E-state index contributed by atoms with van der Waals surface area (Å²) in [5.74, 6) is -1.43. The fraction of sp³-hybridized carbons (Fsp3) is 0.714. The molecular weight excluding hydrogens is 236 g/mol. The topological polar surface area (TPSA) is 115 Å². The molecule has 0 unspecified atom stereocenters. The van der Waals surface area contributed by atoms with Crippen molar-refractivity contribution >= 4 is 15.8 Å². The van der Waals surface area contributed by atoms with Crippen molar-refractivity contribution in [1.29, 1.82) is 0 Å². The van der Waals surface area contributed by atoms with E-state index in [1.165, 1.54) is 0 Å². The van der Waals surface area contributed by atoms with Crippen LogP contribution in [0.3, 0.4) is 0 Å². The van der Waals surface area contributed by atoms with E-state index in [9.17, 15) is 13.2 Å². The highest BCUT2D eigenvalue weighted by atomic mass is 32.2. The summed E-state index contributed by atoms with van der Waals surface area (Å²) < 4.78 is 23.0. The van der Waals surface area contributed by atoms with E-state index < -0.39 is 27.6 Å². The Labute approximate surface area is 92.2 Å². The number of sulfone groups is 1. The molecule has 0 aliphatic rings. The zero-order chi connectivity index (χ0) is 12.3. The molecule has 0 aliphatic heterocycles. The normalized spacial score (nSPS) is 11.9. The third-order valence-corrected chi connectivity index (χ3v) is 3.92. The summed E-state index contributed by atoms with van der Waals surface area (Å²) in [5.41, 5.74) is 0. The molecule has 0 bridgehead atoms. The van der Waals surface area contributed by atoms with Gasteiger partial charge in [-0.2, -0.15) is 4.80 Å². The van der Waals surface area contributed by atoms with Crippen molar-refractivity contribution in [2.45, 2.75) is 31.4 Å². The van der Waals surface area contributed by atoms with Crippen LogP contribution in [0.4, 0.5) is 0 Å². The molecule has 0 aromatic carbocycles. The van der Waals surface area contributed by atoms with E-state index in [4.69, 9.17) is 5.11 Å². The monoisotopic (exact) mass is 248 g/mol. The number of hydrogen-bond donors (Lipinski definition) is 1. The van der Waals surface area contributed by atoms with Gasteiger partial charge in [0, 0.05) is 0 Å². The van der Waals surface area contributed by atoms with Crippen molar-refractivity contribution < 1.29 is 18.3 Å². The number of aliphatic carboxylic acids is 1. The zero-order valence-corrected chi connectivity index (χ0v) is 9.68. The summed E-state index contributed by atoms with van der Waals surface area (Å²) in [7, 11) is -3.29. The Bertz CT molecular complexity index is 478. The standard InChI is InChI=1S/C7H12N4O4S/c1-5(2)16(14,15)4-6-8-10-11(9-6)3-7(12)13/h5H,3-4H2,1-2H3,(H,12,13). The van der Waals surface area contributed by atoms with E-state index in [1.807, 2.05) is 0 Å². The number of carboxylic acid groups (broad SMARTS) is 1. The van der Waals surface area contributed by atoms with Gasteiger partial charge in [-0.15, -0.1) is 10.2 Å². The first-order chi connectivity index (χ1) is 7.31. The van der Waals surface area contributed by atoms with E-state index >= 15 is 0 Å². The Kier molecular flexibility index (Phi) is 3.58. The number of carboxylic acids is 1. The predicted octanol–water partition coefficient (Wildman–Crippen LogP) is -0.919. The van der Waals surface area contributed by atoms with E-state index in [1.54, 1.807) is 13.8 Å². The number of nitrogens with zero attached hydrogens (tertiary/aromatic N) is 4. The van der Waals surface area contributed by atoms with Crippen molar-refractivity contribution in [3.05, 3.63) is 5.82 Å². The molecule has 90 valence electrons. The maximum absolute atomic E-state index is 11.5. The van der Waals surface area contributed by atoms with Crippen LogP contribution in [0.25, 0.3) is 0 Å². The minimum Gasteiger partial charge on any atom is -0.480 e. The highest BCUT2D eigenvalue weighted by molar-refractivity contribution is 7.91. The van der Waals surface area contributed by atoms with Gasteiger partial charge in [0.1, 0.15) is 5.75 Å². The molecule has 1 heterocycles. The van der Waals surface area contributed by atoms with Gasteiger partial charge in [-0.3, -0.25) is 4.79 Å². The largest absolute Gasteiger partial charge is 0.480 e. The number of hydrogen-bond acceptors (Lipinski definition) is 6. The maximum Gasteiger partial charge on any atom is 0.327 e. The molecule has 0 amide bonds. The van der Waals surface area contributed by atoms with Gasteiger partial charge in [-0.25, -0.2) is 8.42 Å². The molecule has 0 saturated heterocycles. The zero-order valence-electron chi connectivity index (χ0n) is 8.86. The van der Waals surface area contributed by atoms with Crippen LogP contribution in [-0.2, 0) is 26.9 Å². The molecule has 1 N–H and O–H groups in total. The minimum atomic E-state index is -3.29. The molecule has 9 heteroatoms. The highest BCUT2D eigenvalue weighted by Gasteiger charge is 2.20. The Balaban J connectivity index is 2.77. The fourth-order valence-electron chi connectivity index (χ4n) is 0.869. The Morgan fingerprint density at radius 2 is 2.12 bits per heavy atom. The van der Waals surface area contributed by atoms with E-state index in [-0.39, 0.29) is 11.6 Å². The second-order valence-corrected chi connectivity index (χ2v) is 6.04. The van der Waals surface area contributed by atoms with Crippen molar-refractivity contribution in [3.8, 4) is 0 Å². The summed E-state index contributed by atoms with van der Waals surface area (Å²) in [6, 6.07) is 0. The van der Waals surface area contributed by atoms with E-state index in [0.717, 1.165) is 4.80 Å². The Hall–Kier alpha value is -1.51. The molecular formula is C7H12N4O4S. The van der Waals surface area contributed by atoms with Crippen LogP contribution in [0.5, 0.6) is 0 Å². The molecule has 0 spiro atoms. The lowest BCUT2D eigenvalue weighted by molar-refractivity contribution is -0.138. The van der Waals surface area contributed by atoms with Crippen LogP contribution in [0.1, 0.15) is 19.7 Å². The predicted molar refractivity (Wildman–Crippen MR) is 53.2 cm³/mol. The first-order valence-electron chi connectivity index (χ1n) is 4.51. The van der Waals surface area contributed by atoms with E-state index in [0.29, 0.717) is 0 Å². The van der Waals surface area contributed by atoms with Gasteiger partial charge in [-0.05, 0) is 19.1 Å². The third kappa shape index (κ3) is 3.26. The molecule has 0 fully saturated rings. The lowest BCUT2D eigenvalue weighted by Gasteiger charge is -2.03. The lowest BCUT2D eigenvalue weighted by atomic mass is 10.6. The smallest absolute Gasteiger partial charge is 0.327 e. The molecule has 0 aliphatic carbocycles. The number of carbonyl (C=O) groups is 1. The summed E-state index contributed by atoms with van der Waals surface area (Å²) in [4.78, 5) is 11.2. The molecule has 1 aromatic rings. The van der Waals surface area contributed by atoms with Gasteiger partial charge in [0.2, 0.25) is 0 Å². The Morgan fingerprint density at radius 1 is 1.50 bits per heavy atom. The molecule has 0 saturated carbocycles. The molecule has 0 atom stereocenters. The lowest BCUT2D eigenvalue weighted by Crippen LogP contribution is -2.17. The molecule has 0 radical (unpaired) electrons. The minimum absolute atomic E-state index is 0.00921. The summed E-state index contributed by atoms with van der Waals surface area (Å²) in [5, 5.41) is 18.5. The highest BCUT2D eigenvalue weighted by Crippen LogP contribution is 2.06.